The van der Waals surface area contributed by atoms with Crippen molar-refractivity contribution in [1.82, 2.24) is 4.98 Å². The van der Waals surface area contributed by atoms with E-state index in [0.29, 0.717) is 16.8 Å². The molecule has 1 N–H and O–H groups in total. The van der Waals surface area contributed by atoms with E-state index in [1.165, 1.54) is 6.07 Å². The van der Waals surface area contributed by atoms with Gasteiger partial charge in [-0.15, -0.1) is 0 Å². The summed E-state index contributed by atoms with van der Waals surface area (Å²) in [7, 11) is 0. The number of nitrogens with zero attached hydrogens (tertiary/aromatic N) is 1. The molecule has 0 amide bonds. The summed E-state index contributed by atoms with van der Waals surface area (Å²) in [5.41, 5.74) is 3.28. The molecule has 0 unspecified atom stereocenters. The lowest BCUT2D eigenvalue weighted by molar-refractivity contribution is 0.477. The third-order valence-corrected chi connectivity index (χ3v) is 4.06. The number of aromatic nitrogens is 1. The standard InChI is InChI=1S/C21H14FNO/c22-18-10-4-1-9-16(18)20-13-17(15-8-3-6-12-21(15)24)14-7-2-5-11-19(14)23-20/h1-13,24H. The molecule has 0 radical (unpaired) electrons. The first-order valence-electron chi connectivity index (χ1n) is 7.67. The highest BCUT2D eigenvalue weighted by Crippen LogP contribution is 2.36. The van der Waals surface area contributed by atoms with E-state index in [1.54, 1.807) is 30.3 Å². The molecule has 0 spiro atoms. The minimum Gasteiger partial charge on any atom is -0.507 e. The van der Waals surface area contributed by atoms with Crippen molar-refractivity contribution in [3.05, 3.63) is 84.7 Å². The summed E-state index contributed by atoms with van der Waals surface area (Å²) in [6.45, 7) is 0. The zero-order valence-corrected chi connectivity index (χ0v) is 12.8. The molecule has 3 heteroatoms. The lowest BCUT2D eigenvalue weighted by atomic mass is 9.97. The van der Waals surface area contributed by atoms with Gasteiger partial charge in [0.25, 0.3) is 0 Å². The third-order valence-electron chi connectivity index (χ3n) is 4.06. The zero-order valence-electron chi connectivity index (χ0n) is 12.8. The van der Waals surface area contributed by atoms with Gasteiger partial charge in [-0.1, -0.05) is 48.5 Å². The van der Waals surface area contributed by atoms with E-state index in [1.807, 2.05) is 42.5 Å². The number of halogens is 1. The number of phenols is 1. The van der Waals surface area contributed by atoms with Gasteiger partial charge in [0.2, 0.25) is 0 Å². The van der Waals surface area contributed by atoms with Gasteiger partial charge in [-0.3, -0.25) is 0 Å². The molecule has 24 heavy (non-hydrogen) atoms. The summed E-state index contributed by atoms with van der Waals surface area (Å²) < 4.78 is 14.2. The highest BCUT2D eigenvalue weighted by atomic mass is 19.1. The Morgan fingerprint density at radius 1 is 0.708 bits per heavy atom. The van der Waals surface area contributed by atoms with Crippen molar-refractivity contribution in [2.75, 3.05) is 0 Å². The van der Waals surface area contributed by atoms with Gasteiger partial charge < -0.3 is 5.11 Å². The molecule has 0 bridgehead atoms. The summed E-state index contributed by atoms with van der Waals surface area (Å²) >= 11 is 0. The van der Waals surface area contributed by atoms with Crippen LogP contribution in [0, 0.1) is 5.82 Å². The van der Waals surface area contributed by atoms with E-state index >= 15 is 0 Å². The zero-order chi connectivity index (χ0) is 16.5. The second-order valence-corrected chi connectivity index (χ2v) is 5.57. The van der Waals surface area contributed by atoms with Gasteiger partial charge in [-0.2, -0.15) is 0 Å². The molecule has 116 valence electrons. The van der Waals surface area contributed by atoms with E-state index in [-0.39, 0.29) is 11.6 Å². The van der Waals surface area contributed by atoms with Gasteiger partial charge in [0.15, 0.2) is 0 Å². The monoisotopic (exact) mass is 315 g/mol. The molecule has 0 saturated heterocycles. The number of hydrogen-bond acceptors (Lipinski definition) is 2. The summed E-state index contributed by atoms with van der Waals surface area (Å²) in [6, 6.07) is 23.2. The Bertz CT molecular complexity index is 1040. The fourth-order valence-electron chi connectivity index (χ4n) is 2.91. The van der Waals surface area contributed by atoms with E-state index < -0.39 is 0 Å². The first kappa shape index (κ1) is 14.4. The Balaban J connectivity index is 2.06. The van der Waals surface area contributed by atoms with Crippen LogP contribution in [0.15, 0.2) is 78.9 Å². The van der Waals surface area contributed by atoms with Crippen molar-refractivity contribution < 1.29 is 9.50 Å². The largest absolute Gasteiger partial charge is 0.507 e. The first-order valence-corrected chi connectivity index (χ1v) is 7.67. The maximum absolute atomic E-state index is 14.2. The van der Waals surface area contributed by atoms with Gasteiger partial charge >= 0.3 is 0 Å². The van der Waals surface area contributed by atoms with Gasteiger partial charge in [-0.25, -0.2) is 9.37 Å². The molecule has 2 nitrogen and oxygen atoms in total. The molecule has 0 atom stereocenters. The minimum absolute atomic E-state index is 0.188. The molecule has 3 aromatic carbocycles. The van der Waals surface area contributed by atoms with E-state index in [9.17, 15) is 9.50 Å². The molecule has 4 aromatic rings. The number of hydrogen-bond donors (Lipinski definition) is 1. The van der Waals surface area contributed by atoms with Gasteiger partial charge in [0, 0.05) is 16.5 Å². The fraction of sp³-hybridized carbons (Fsp3) is 0. The van der Waals surface area contributed by atoms with Crippen molar-refractivity contribution in [2.24, 2.45) is 0 Å². The van der Waals surface area contributed by atoms with E-state index in [4.69, 9.17) is 0 Å². The molecule has 1 heterocycles. The van der Waals surface area contributed by atoms with Crippen molar-refractivity contribution in [3.63, 3.8) is 0 Å². The number of para-hydroxylation sites is 2. The van der Waals surface area contributed by atoms with E-state index in [0.717, 1.165) is 16.5 Å². The Morgan fingerprint density at radius 3 is 2.17 bits per heavy atom. The average molecular weight is 315 g/mol. The molecule has 0 aliphatic rings. The Morgan fingerprint density at radius 2 is 1.38 bits per heavy atom. The Labute approximate surface area is 138 Å². The Hall–Kier alpha value is -3.20. The van der Waals surface area contributed by atoms with Crippen LogP contribution in [-0.4, -0.2) is 10.1 Å². The van der Waals surface area contributed by atoms with Crippen molar-refractivity contribution >= 4 is 10.9 Å². The highest BCUT2D eigenvalue weighted by molar-refractivity contribution is 5.98. The molecular formula is C21H14FNO. The quantitative estimate of drug-likeness (QED) is 0.536. The second-order valence-electron chi connectivity index (χ2n) is 5.57. The Kier molecular flexibility index (Phi) is 3.47. The van der Waals surface area contributed by atoms with Crippen LogP contribution in [0.3, 0.4) is 0 Å². The molecule has 1 aromatic heterocycles. The third kappa shape index (κ3) is 2.40. The first-order chi connectivity index (χ1) is 11.7. The summed E-state index contributed by atoms with van der Waals surface area (Å²) in [5.74, 6) is -0.128. The summed E-state index contributed by atoms with van der Waals surface area (Å²) in [4.78, 5) is 4.60. The minimum atomic E-state index is -0.316. The van der Waals surface area contributed by atoms with Crippen LogP contribution in [0.5, 0.6) is 5.75 Å². The molecule has 0 aliphatic heterocycles. The maximum Gasteiger partial charge on any atom is 0.132 e. The molecule has 4 rings (SSSR count). The van der Waals surface area contributed by atoms with Crippen molar-refractivity contribution in [2.45, 2.75) is 0 Å². The van der Waals surface area contributed by atoms with Crippen molar-refractivity contribution in [3.8, 4) is 28.1 Å². The van der Waals surface area contributed by atoms with Crippen molar-refractivity contribution in [1.29, 1.82) is 0 Å². The number of fused-ring (bicyclic) bond motifs is 1. The highest BCUT2D eigenvalue weighted by Gasteiger charge is 2.13. The SMILES string of the molecule is Oc1ccccc1-c1cc(-c2ccccc2F)nc2ccccc12. The smallest absolute Gasteiger partial charge is 0.132 e. The average Bonchev–Trinajstić information content (AvgIpc) is 2.62. The predicted octanol–water partition coefficient (Wildman–Crippen LogP) is 5.41. The fourth-order valence-corrected chi connectivity index (χ4v) is 2.91. The van der Waals surface area contributed by atoms with Crippen LogP contribution in [0.4, 0.5) is 4.39 Å². The number of aromatic hydroxyl groups is 1. The van der Waals surface area contributed by atoms with Crippen LogP contribution < -0.4 is 0 Å². The molecule has 0 fully saturated rings. The van der Waals surface area contributed by atoms with Crippen LogP contribution in [-0.2, 0) is 0 Å². The maximum atomic E-state index is 14.2. The van der Waals surface area contributed by atoms with E-state index in [2.05, 4.69) is 4.98 Å². The molecule has 0 aliphatic carbocycles. The van der Waals surface area contributed by atoms with Crippen LogP contribution in [0.25, 0.3) is 33.3 Å². The van der Waals surface area contributed by atoms with Crippen LogP contribution in [0.1, 0.15) is 0 Å². The number of pyridine rings is 1. The van der Waals surface area contributed by atoms with Crippen LogP contribution >= 0.6 is 0 Å². The second kappa shape index (κ2) is 5.78. The lowest BCUT2D eigenvalue weighted by Gasteiger charge is -2.12. The van der Waals surface area contributed by atoms with Gasteiger partial charge in [-0.05, 0) is 35.9 Å². The molecule has 0 saturated carbocycles. The normalized spacial score (nSPS) is 10.9. The number of benzene rings is 3. The number of phenolic OH excluding ortho intramolecular Hbond substituents is 1. The molecular weight excluding hydrogens is 301 g/mol. The summed E-state index contributed by atoms with van der Waals surface area (Å²) in [6.07, 6.45) is 0. The summed E-state index contributed by atoms with van der Waals surface area (Å²) in [5, 5.41) is 11.2. The number of rotatable bonds is 2. The van der Waals surface area contributed by atoms with Gasteiger partial charge in [0.1, 0.15) is 11.6 Å². The van der Waals surface area contributed by atoms with Crippen LogP contribution in [0.2, 0.25) is 0 Å². The van der Waals surface area contributed by atoms with Gasteiger partial charge in [0.05, 0.1) is 11.2 Å². The lowest BCUT2D eigenvalue weighted by Crippen LogP contribution is -1.92. The predicted molar refractivity (Wildman–Crippen MR) is 94.2 cm³/mol. The topological polar surface area (TPSA) is 33.1 Å².